The number of nitrogens with zero attached hydrogens (tertiary/aromatic N) is 2. The van der Waals surface area contributed by atoms with Crippen LogP contribution in [-0.4, -0.2) is 11.4 Å². The van der Waals surface area contributed by atoms with Gasteiger partial charge < -0.3 is 8.83 Å². The number of benzene rings is 4. The van der Waals surface area contributed by atoms with Crippen molar-refractivity contribution in [3.63, 3.8) is 0 Å². The zero-order chi connectivity index (χ0) is 30.1. The van der Waals surface area contributed by atoms with Crippen molar-refractivity contribution < 1.29 is 8.83 Å². The third-order valence-electron chi connectivity index (χ3n) is 8.15. The first-order valence-corrected chi connectivity index (χ1v) is 16.0. The summed E-state index contributed by atoms with van der Waals surface area (Å²) in [6.45, 7) is 4.43. The number of rotatable bonds is 13. The molecule has 222 valence electrons. The van der Waals surface area contributed by atoms with Crippen LogP contribution in [0.15, 0.2) is 128 Å². The quantitative estimate of drug-likeness (QED) is 0.101. The predicted molar refractivity (Wildman–Crippen MR) is 183 cm³/mol. The normalized spacial score (nSPS) is 12.4. The van der Waals surface area contributed by atoms with Crippen molar-refractivity contribution in [2.75, 3.05) is 0 Å². The molecule has 6 rings (SSSR count). The third kappa shape index (κ3) is 6.60. The van der Waals surface area contributed by atoms with Crippen LogP contribution in [0.1, 0.15) is 73.3 Å². The first-order chi connectivity index (χ1) is 21.7. The Labute approximate surface area is 260 Å². The van der Waals surface area contributed by atoms with E-state index in [-0.39, 0.29) is 0 Å². The van der Waals surface area contributed by atoms with Crippen molar-refractivity contribution in [2.24, 2.45) is 10.2 Å². The van der Waals surface area contributed by atoms with Crippen molar-refractivity contribution in [3.05, 3.63) is 143 Å². The van der Waals surface area contributed by atoms with Gasteiger partial charge in [-0.3, -0.25) is 0 Å². The fourth-order valence-electron chi connectivity index (χ4n) is 5.90. The Morgan fingerprint density at radius 3 is 1.30 bits per heavy atom. The van der Waals surface area contributed by atoms with Gasteiger partial charge in [0.15, 0.2) is 0 Å². The van der Waals surface area contributed by atoms with Gasteiger partial charge in [0.05, 0.1) is 11.4 Å². The van der Waals surface area contributed by atoms with Gasteiger partial charge >= 0.3 is 0 Å². The van der Waals surface area contributed by atoms with Gasteiger partial charge in [-0.05, 0) is 36.1 Å². The topological polar surface area (TPSA) is 51.0 Å². The van der Waals surface area contributed by atoms with Crippen LogP contribution in [0.3, 0.4) is 0 Å². The molecule has 0 aliphatic carbocycles. The standard InChI is InChI=1S/C40H40N2O2/c1-3-5-23-37-39(31-21-13-15-25-35(31)43-37)33(27-29-17-9-7-10-18-29)41-42-34(28-30-19-11-8-12-20-30)40-32-22-14-16-26-36(32)44-38(40)24-6-4-2/h7-22,25-26H,3-6,23-24,27-28H2,1-2H3/b41-33-,42-34+. The summed E-state index contributed by atoms with van der Waals surface area (Å²) in [6.07, 6.45) is 7.32. The molecule has 0 fully saturated rings. The molecule has 0 amide bonds. The molecule has 0 saturated carbocycles. The number of aryl methyl sites for hydroxylation is 2. The Morgan fingerprint density at radius 1 is 0.500 bits per heavy atom. The molecular weight excluding hydrogens is 540 g/mol. The third-order valence-corrected chi connectivity index (χ3v) is 8.15. The second kappa shape index (κ2) is 14.2. The van der Waals surface area contributed by atoms with Gasteiger partial charge in [-0.2, -0.15) is 10.2 Å². The highest BCUT2D eigenvalue weighted by atomic mass is 16.3. The first kappa shape index (κ1) is 29.4. The van der Waals surface area contributed by atoms with Gasteiger partial charge in [0, 0.05) is 47.6 Å². The number of furan rings is 2. The molecule has 0 bridgehead atoms. The molecule has 2 heterocycles. The molecule has 0 spiro atoms. The average Bonchev–Trinajstić information content (AvgIpc) is 3.63. The van der Waals surface area contributed by atoms with Crippen LogP contribution in [0.25, 0.3) is 21.9 Å². The summed E-state index contributed by atoms with van der Waals surface area (Å²) in [4.78, 5) is 0. The summed E-state index contributed by atoms with van der Waals surface area (Å²) >= 11 is 0. The minimum absolute atomic E-state index is 0.653. The molecule has 0 atom stereocenters. The van der Waals surface area contributed by atoms with Crippen molar-refractivity contribution in [3.8, 4) is 0 Å². The fourth-order valence-corrected chi connectivity index (χ4v) is 5.90. The van der Waals surface area contributed by atoms with Gasteiger partial charge in [-0.25, -0.2) is 0 Å². The summed E-state index contributed by atoms with van der Waals surface area (Å²) in [6, 6.07) is 37.7. The molecule has 2 aromatic heterocycles. The lowest BCUT2D eigenvalue weighted by Crippen LogP contribution is -2.11. The van der Waals surface area contributed by atoms with Crippen molar-refractivity contribution in [1.29, 1.82) is 0 Å². The molecule has 0 unspecified atom stereocenters. The van der Waals surface area contributed by atoms with E-state index in [1.165, 1.54) is 11.1 Å². The van der Waals surface area contributed by atoms with Gasteiger partial charge in [0.2, 0.25) is 0 Å². The van der Waals surface area contributed by atoms with Crippen LogP contribution in [0.5, 0.6) is 0 Å². The van der Waals surface area contributed by atoms with Crippen molar-refractivity contribution in [1.82, 2.24) is 0 Å². The lowest BCUT2D eigenvalue weighted by atomic mass is 9.97. The van der Waals surface area contributed by atoms with E-state index in [9.17, 15) is 0 Å². The molecule has 4 nitrogen and oxygen atoms in total. The van der Waals surface area contributed by atoms with Crippen LogP contribution in [-0.2, 0) is 25.7 Å². The van der Waals surface area contributed by atoms with Crippen molar-refractivity contribution >= 4 is 33.4 Å². The lowest BCUT2D eigenvalue weighted by Gasteiger charge is -2.10. The highest BCUT2D eigenvalue weighted by molar-refractivity contribution is 6.14. The summed E-state index contributed by atoms with van der Waals surface area (Å²) in [5.74, 6) is 1.97. The van der Waals surface area contributed by atoms with Crippen molar-refractivity contribution in [2.45, 2.75) is 65.2 Å². The summed E-state index contributed by atoms with van der Waals surface area (Å²) < 4.78 is 12.9. The number of para-hydroxylation sites is 2. The number of unbranched alkanes of at least 4 members (excludes halogenated alkanes) is 2. The maximum Gasteiger partial charge on any atom is 0.134 e. The number of hydrogen-bond donors (Lipinski definition) is 0. The molecule has 0 aliphatic heterocycles. The molecule has 44 heavy (non-hydrogen) atoms. The smallest absolute Gasteiger partial charge is 0.134 e. The molecule has 4 aromatic carbocycles. The van der Waals surface area contributed by atoms with Gasteiger partial charge in [-0.1, -0.05) is 124 Å². The SMILES string of the molecule is CCCCc1oc2ccccc2c1/C(Cc1ccccc1)=N\N=C(/Cc1ccccc1)c1c(CCCC)oc2ccccc12. The Kier molecular flexibility index (Phi) is 9.47. The van der Waals surface area contributed by atoms with E-state index in [1.54, 1.807) is 0 Å². The Morgan fingerprint density at radius 2 is 0.886 bits per heavy atom. The molecule has 0 saturated heterocycles. The maximum atomic E-state index is 6.47. The van der Waals surface area contributed by atoms with Crippen LogP contribution in [0.4, 0.5) is 0 Å². The highest BCUT2D eigenvalue weighted by Gasteiger charge is 2.22. The van der Waals surface area contributed by atoms with E-state index >= 15 is 0 Å². The minimum atomic E-state index is 0.653. The summed E-state index contributed by atoms with van der Waals surface area (Å²) in [5, 5.41) is 12.5. The van der Waals surface area contributed by atoms with Crippen LogP contribution in [0, 0.1) is 0 Å². The lowest BCUT2D eigenvalue weighted by molar-refractivity contribution is 0.535. The monoisotopic (exact) mass is 580 g/mol. The fraction of sp³-hybridized carbons (Fsp3) is 0.250. The summed E-state index contributed by atoms with van der Waals surface area (Å²) in [7, 11) is 0. The Balaban J connectivity index is 1.56. The van der Waals surface area contributed by atoms with Gasteiger partial charge in [0.1, 0.15) is 22.7 Å². The Bertz CT molecular complexity index is 1740. The van der Waals surface area contributed by atoms with E-state index in [0.29, 0.717) is 12.8 Å². The van der Waals surface area contributed by atoms with E-state index in [1.807, 2.05) is 12.1 Å². The molecule has 6 aromatic rings. The predicted octanol–water partition coefficient (Wildman–Crippen LogP) is 10.5. The van der Waals surface area contributed by atoms with E-state index in [0.717, 1.165) is 94.5 Å². The van der Waals surface area contributed by atoms with E-state index in [4.69, 9.17) is 19.0 Å². The molecule has 4 heteroatoms. The van der Waals surface area contributed by atoms with E-state index < -0.39 is 0 Å². The molecule has 0 N–H and O–H groups in total. The first-order valence-electron chi connectivity index (χ1n) is 16.0. The molecule has 0 radical (unpaired) electrons. The number of fused-ring (bicyclic) bond motifs is 2. The Hall–Kier alpha value is -4.70. The largest absolute Gasteiger partial charge is 0.460 e. The molecular formula is C40H40N2O2. The van der Waals surface area contributed by atoms with E-state index in [2.05, 4.69) is 111 Å². The maximum absolute atomic E-state index is 6.47. The second-order valence-corrected chi connectivity index (χ2v) is 11.4. The van der Waals surface area contributed by atoms with Crippen LogP contribution < -0.4 is 0 Å². The highest BCUT2D eigenvalue weighted by Crippen LogP contribution is 2.31. The summed E-state index contributed by atoms with van der Waals surface area (Å²) in [5.41, 5.74) is 8.15. The van der Waals surface area contributed by atoms with Gasteiger partial charge in [-0.15, -0.1) is 0 Å². The molecule has 0 aliphatic rings. The van der Waals surface area contributed by atoms with Crippen LogP contribution >= 0.6 is 0 Å². The minimum Gasteiger partial charge on any atom is -0.460 e. The number of hydrogen-bond acceptors (Lipinski definition) is 4. The zero-order valence-electron chi connectivity index (χ0n) is 25.8. The van der Waals surface area contributed by atoms with Crippen LogP contribution in [0.2, 0.25) is 0 Å². The zero-order valence-corrected chi connectivity index (χ0v) is 25.8. The van der Waals surface area contributed by atoms with Gasteiger partial charge in [0.25, 0.3) is 0 Å². The second-order valence-electron chi connectivity index (χ2n) is 11.4. The average molecular weight is 581 g/mol.